The van der Waals surface area contributed by atoms with Gasteiger partial charge in [0, 0.05) is 25.5 Å². The number of hydrogen-bond donors (Lipinski definition) is 3. The molecular formula is C13H26NO7P. The number of amides is 1. The highest BCUT2D eigenvalue weighted by Gasteiger charge is 2.25. The van der Waals surface area contributed by atoms with Crippen molar-refractivity contribution in [2.75, 3.05) is 13.2 Å². The van der Waals surface area contributed by atoms with Gasteiger partial charge in [0.2, 0.25) is 7.37 Å². The molecule has 0 rings (SSSR count). The number of aliphatic hydroxyl groups excluding tert-OH is 1. The molecule has 9 heteroatoms. The first-order valence-electron chi connectivity index (χ1n) is 7.08. The lowest BCUT2D eigenvalue weighted by atomic mass is 10.2. The minimum absolute atomic E-state index is 0.0403. The van der Waals surface area contributed by atoms with Crippen LogP contribution in [0.2, 0.25) is 0 Å². The molecule has 3 atom stereocenters. The van der Waals surface area contributed by atoms with Gasteiger partial charge in [0.15, 0.2) is 0 Å². The largest absolute Gasteiger partial charge is 0.425 e. The van der Waals surface area contributed by atoms with Crippen LogP contribution in [-0.4, -0.2) is 47.4 Å². The Bertz CT molecular complexity index is 419. The van der Waals surface area contributed by atoms with E-state index in [1.807, 2.05) is 0 Å². The van der Waals surface area contributed by atoms with E-state index in [4.69, 9.17) is 14.4 Å². The summed E-state index contributed by atoms with van der Waals surface area (Å²) in [6.07, 6.45) is -1.93. The second kappa shape index (κ2) is 9.12. The summed E-state index contributed by atoms with van der Waals surface area (Å²) >= 11 is 0. The van der Waals surface area contributed by atoms with Crippen LogP contribution in [0.5, 0.6) is 0 Å². The molecule has 0 aliphatic rings. The molecule has 1 amide bonds. The summed E-state index contributed by atoms with van der Waals surface area (Å²) in [6, 6.07) is 0. The maximum Gasteiger partial charge on any atom is 0.410 e. The Morgan fingerprint density at radius 3 is 2.14 bits per heavy atom. The van der Waals surface area contributed by atoms with Crippen molar-refractivity contribution in [2.45, 2.75) is 46.3 Å². The van der Waals surface area contributed by atoms with Crippen LogP contribution in [0, 0.1) is 11.8 Å². The molecule has 130 valence electrons. The van der Waals surface area contributed by atoms with E-state index in [0.717, 1.165) is 6.66 Å². The fourth-order valence-corrected chi connectivity index (χ4v) is 1.84. The maximum atomic E-state index is 11.6. The summed E-state index contributed by atoms with van der Waals surface area (Å²) in [5.41, 5.74) is 0. The predicted octanol–water partition coefficient (Wildman–Crippen LogP) is 1.50. The number of alkyl carbamates (subject to hydrolysis) is 1. The van der Waals surface area contributed by atoms with E-state index in [9.17, 15) is 19.3 Å². The van der Waals surface area contributed by atoms with Gasteiger partial charge in [-0.25, -0.2) is 4.79 Å². The van der Waals surface area contributed by atoms with Gasteiger partial charge in [0.1, 0.15) is 5.85 Å². The number of carbonyl (C=O) groups excluding carboxylic acids is 2. The van der Waals surface area contributed by atoms with Crippen molar-refractivity contribution in [3.05, 3.63) is 0 Å². The monoisotopic (exact) mass is 339 g/mol. The fourth-order valence-electron chi connectivity index (χ4n) is 1.24. The Hall–Kier alpha value is -1.11. The van der Waals surface area contributed by atoms with Crippen molar-refractivity contribution in [3.8, 4) is 0 Å². The van der Waals surface area contributed by atoms with Crippen LogP contribution in [0.15, 0.2) is 0 Å². The average Bonchev–Trinajstić information content (AvgIpc) is 2.36. The van der Waals surface area contributed by atoms with Gasteiger partial charge in [0.05, 0.1) is 5.92 Å². The second-order valence-electron chi connectivity index (χ2n) is 5.75. The highest BCUT2D eigenvalue weighted by atomic mass is 31.2. The lowest BCUT2D eigenvalue weighted by molar-refractivity contribution is -0.178. The van der Waals surface area contributed by atoms with Crippen molar-refractivity contribution >= 4 is 19.4 Å². The zero-order valence-electron chi connectivity index (χ0n) is 13.6. The lowest BCUT2D eigenvalue weighted by Crippen LogP contribution is -2.36. The van der Waals surface area contributed by atoms with Gasteiger partial charge in [0.25, 0.3) is 6.29 Å². The zero-order chi connectivity index (χ0) is 17.5. The Morgan fingerprint density at radius 2 is 1.73 bits per heavy atom. The highest BCUT2D eigenvalue weighted by Crippen LogP contribution is 2.41. The molecule has 0 aromatic carbocycles. The van der Waals surface area contributed by atoms with E-state index in [1.54, 1.807) is 27.7 Å². The summed E-state index contributed by atoms with van der Waals surface area (Å²) in [5, 5.41) is 11.7. The SMILES string of the molecule is CC(C)C(=O)OC(OC(=O)NCC[C@H](O)P(C)(=O)O)C(C)C. The van der Waals surface area contributed by atoms with Crippen molar-refractivity contribution < 1.29 is 33.6 Å². The number of aliphatic hydroxyl groups is 1. The topological polar surface area (TPSA) is 122 Å². The van der Waals surface area contributed by atoms with Crippen LogP contribution in [0.1, 0.15) is 34.1 Å². The van der Waals surface area contributed by atoms with Crippen LogP contribution in [0.3, 0.4) is 0 Å². The van der Waals surface area contributed by atoms with Crippen LogP contribution in [0.4, 0.5) is 4.79 Å². The minimum Gasteiger partial charge on any atom is -0.425 e. The molecule has 0 aliphatic heterocycles. The molecule has 0 radical (unpaired) electrons. The molecule has 22 heavy (non-hydrogen) atoms. The molecule has 0 aliphatic carbocycles. The standard InChI is InChI=1S/C13H26NO7P/c1-8(2)11(16)20-12(9(3)4)21-13(17)14-7-6-10(15)22(5,18)19/h8-10,12,15H,6-7H2,1-5H3,(H,14,17)(H,18,19)/t10-,12?/m1/s1. The third kappa shape index (κ3) is 8.36. The van der Waals surface area contributed by atoms with Gasteiger partial charge >= 0.3 is 12.1 Å². The molecule has 0 saturated carbocycles. The quantitative estimate of drug-likeness (QED) is 0.348. The smallest absolute Gasteiger partial charge is 0.410 e. The Morgan fingerprint density at radius 1 is 1.18 bits per heavy atom. The average molecular weight is 339 g/mol. The Balaban J connectivity index is 4.31. The van der Waals surface area contributed by atoms with Gasteiger partial charge in [-0.2, -0.15) is 0 Å². The molecule has 0 fully saturated rings. The van der Waals surface area contributed by atoms with Crippen LogP contribution in [0.25, 0.3) is 0 Å². The Labute approximate surface area is 130 Å². The summed E-state index contributed by atoms with van der Waals surface area (Å²) in [6.45, 7) is 7.79. The molecule has 0 spiro atoms. The third-order valence-corrected chi connectivity index (χ3v) is 4.06. The van der Waals surface area contributed by atoms with E-state index in [2.05, 4.69) is 5.32 Å². The van der Waals surface area contributed by atoms with Crippen molar-refractivity contribution in [1.82, 2.24) is 5.32 Å². The van der Waals surface area contributed by atoms with Crippen LogP contribution < -0.4 is 5.32 Å². The molecule has 0 bridgehead atoms. The van der Waals surface area contributed by atoms with Gasteiger partial charge in [-0.1, -0.05) is 27.7 Å². The number of rotatable bonds is 8. The third-order valence-electron chi connectivity index (χ3n) is 2.70. The zero-order valence-corrected chi connectivity index (χ0v) is 14.5. The predicted molar refractivity (Wildman–Crippen MR) is 80.4 cm³/mol. The van der Waals surface area contributed by atoms with E-state index < -0.39 is 31.6 Å². The molecule has 2 unspecified atom stereocenters. The van der Waals surface area contributed by atoms with Gasteiger partial charge in [-0.15, -0.1) is 0 Å². The summed E-state index contributed by atoms with van der Waals surface area (Å²) in [4.78, 5) is 32.3. The van der Waals surface area contributed by atoms with E-state index in [1.165, 1.54) is 0 Å². The van der Waals surface area contributed by atoms with E-state index in [0.29, 0.717) is 0 Å². The van der Waals surface area contributed by atoms with Crippen molar-refractivity contribution in [1.29, 1.82) is 0 Å². The summed E-state index contributed by atoms with van der Waals surface area (Å²) in [7, 11) is -3.60. The number of nitrogens with one attached hydrogen (secondary N) is 1. The lowest BCUT2D eigenvalue weighted by Gasteiger charge is -2.22. The number of hydrogen-bond acceptors (Lipinski definition) is 6. The van der Waals surface area contributed by atoms with Crippen molar-refractivity contribution in [3.63, 3.8) is 0 Å². The molecule has 0 saturated heterocycles. The van der Waals surface area contributed by atoms with Crippen molar-refractivity contribution in [2.24, 2.45) is 11.8 Å². The highest BCUT2D eigenvalue weighted by molar-refractivity contribution is 7.57. The normalized spacial score (nSPS) is 16.8. The fraction of sp³-hybridized carbons (Fsp3) is 0.846. The first-order valence-corrected chi connectivity index (χ1v) is 9.25. The number of carbonyl (C=O) groups is 2. The van der Waals surface area contributed by atoms with Crippen LogP contribution >= 0.6 is 7.37 Å². The van der Waals surface area contributed by atoms with E-state index in [-0.39, 0.29) is 24.8 Å². The van der Waals surface area contributed by atoms with Gasteiger partial charge in [-0.05, 0) is 0 Å². The Kier molecular flexibility index (Phi) is 8.66. The first kappa shape index (κ1) is 20.9. The number of ether oxygens (including phenoxy) is 2. The summed E-state index contributed by atoms with van der Waals surface area (Å²) < 4.78 is 21.2. The molecule has 0 heterocycles. The van der Waals surface area contributed by atoms with Gasteiger partial charge < -0.3 is 24.8 Å². The van der Waals surface area contributed by atoms with Gasteiger partial charge in [-0.3, -0.25) is 9.36 Å². The first-order chi connectivity index (χ1) is 9.95. The number of esters is 1. The molecule has 3 N–H and O–H groups in total. The van der Waals surface area contributed by atoms with Crippen LogP contribution in [-0.2, 0) is 18.8 Å². The molecular weight excluding hydrogens is 313 g/mol. The molecule has 8 nitrogen and oxygen atoms in total. The maximum absolute atomic E-state index is 11.6. The minimum atomic E-state index is -3.60. The molecule has 0 aromatic rings. The summed E-state index contributed by atoms with van der Waals surface area (Å²) in [5.74, 6) is -2.46. The second-order valence-corrected chi connectivity index (χ2v) is 8.23. The van der Waals surface area contributed by atoms with E-state index >= 15 is 0 Å². The molecule has 0 aromatic heterocycles.